The third-order valence-electron chi connectivity index (χ3n) is 3.81. The lowest BCUT2D eigenvalue weighted by atomic mass is 10.1. The van der Waals surface area contributed by atoms with E-state index in [1.165, 1.54) is 6.42 Å². The van der Waals surface area contributed by atoms with Crippen molar-refractivity contribution in [1.82, 2.24) is 10.3 Å². The highest BCUT2D eigenvalue weighted by atomic mass is 16.2. The highest BCUT2D eigenvalue weighted by Gasteiger charge is 2.45. The number of hydrogen-bond donors (Lipinski definition) is 2. The van der Waals surface area contributed by atoms with Crippen LogP contribution < -0.4 is 10.2 Å². The number of aromatic amines is 1. The van der Waals surface area contributed by atoms with E-state index < -0.39 is 0 Å². The molecule has 1 aromatic heterocycles. The molecule has 1 amide bonds. The fourth-order valence-electron chi connectivity index (χ4n) is 2.69. The first-order valence-electron chi connectivity index (χ1n) is 5.91. The molecule has 4 nitrogen and oxygen atoms in total. The molecule has 0 aromatic carbocycles. The van der Waals surface area contributed by atoms with E-state index in [0.29, 0.717) is 5.92 Å². The molecular weight excluding hydrogens is 202 g/mol. The summed E-state index contributed by atoms with van der Waals surface area (Å²) in [7, 11) is 1.87. The molecule has 0 bridgehead atoms. The molecule has 1 aliphatic carbocycles. The van der Waals surface area contributed by atoms with Crippen LogP contribution in [-0.4, -0.2) is 30.5 Å². The molecule has 1 saturated carbocycles. The van der Waals surface area contributed by atoms with Crippen LogP contribution in [0.1, 0.15) is 12.8 Å². The Kier molecular flexibility index (Phi) is 2.24. The van der Waals surface area contributed by atoms with E-state index in [4.69, 9.17) is 0 Å². The lowest BCUT2D eigenvalue weighted by Crippen LogP contribution is -2.45. The number of nitrogens with one attached hydrogen (secondary N) is 2. The third-order valence-corrected chi connectivity index (χ3v) is 3.81. The number of fused-ring (bicyclic) bond motifs is 1. The smallest absolute Gasteiger partial charge is 0.245 e. The first-order valence-corrected chi connectivity index (χ1v) is 5.91. The first-order chi connectivity index (χ1) is 7.79. The van der Waals surface area contributed by atoms with Crippen molar-refractivity contribution in [3.63, 3.8) is 0 Å². The van der Waals surface area contributed by atoms with Gasteiger partial charge in [0.15, 0.2) is 0 Å². The summed E-state index contributed by atoms with van der Waals surface area (Å²) in [5.74, 6) is 2.60. The highest BCUT2D eigenvalue weighted by molar-refractivity contribution is 5.96. The van der Waals surface area contributed by atoms with Gasteiger partial charge in [-0.05, 0) is 43.9 Å². The van der Waals surface area contributed by atoms with Gasteiger partial charge in [-0.2, -0.15) is 0 Å². The van der Waals surface area contributed by atoms with Crippen LogP contribution in [0.4, 0.5) is 5.82 Å². The number of carbonyl (C=O) groups excluding carboxylic acids is 1. The van der Waals surface area contributed by atoms with Crippen molar-refractivity contribution in [3.05, 3.63) is 18.3 Å². The standard InChI is InChI=1S/C12H17N3O/c1-13-10-6-8-5-9(8)7-15(12(10)16)11-3-2-4-14-11/h2-4,8-10,13-14H,5-7H2,1H3. The largest absolute Gasteiger partial charge is 0.348 e. The normalized spacial score (nSPS) is 33.4. The Morgan fingerprint density at radius 3 is 3.00 bits per heavy atom. The summed E-state index contributed by atoms with van der Waals surface area (Å²) in [5.41, 5.74) is 0. The third kappa shape index (κ3) is 1.53. The maximum Gasteiger partial charge on any atom is 0.245 e. The summed E-state index contributed by atoms with van der Waals surface area (Å²) in [5, 5.41) is 3.14. The number of anilines is 1. The zero-order chi connectivity index (χ0) is 11.1. The van der Waals surface area contributed by atoms with E-state index in [-0.39, 0.29) is 11.9 Å². The SMILES string of the molecule is CNC1CC2CC2CN(c2ccc[nH]2)C1=O. The quantitative estimate of drug-likeness (QED) is 0.779. The molecule has 1 saturated heterocycles. The number of carbonyl (C=O) groups is 1. The number of H-pyrrole nitrogens is 1. The second-order valence-corrected chi connectivity index (χ2v) is 4.84. The lowest BCUT2D eigenvalue weighted by molar-refractivity contribution is -0.120. The molecule has 3 rings (SSSR count). The van der Waals surface area contributed by atoms with Crippen LogP contribution >= 0.6 is 0 Å². The number of hydrogen-bond acceptors (Lipinski definition) is 2. The van der Waals surface area contributed by atoms with Gasteiger partial charge in [0.2, 0.25) is 5.91 Å². The van der Waals surface area contributed by atoms with Gasteiger partial charge in [0, 0.05) is 12.7 Å². The predicted molar refractivity (Wildman–Crippen MR) is 62.2 cm³/mol. The first kappa shape index (κ1) is 9.90. The van der Waals surface area contributed by atoms with E-state index in [0.717, 1.165) is 24.7 Å². The summed E-state index contributed by atoms with van der Waals surface area (Å²) < 4.78 is 0. The fourth-order valence-corrected chi connectivity index (χ4v) is 2.69. The van der Waals surface area contributed by atoms with Crippen LogP contribution in [0.5, 0.6) is 0 Å². The summed E-state index contributed by atoms with van der Waals surface area (Å²) in [6, 6.07) is 3.89. The molecule has 2 fully saturated rings. The minimum atomic E-state index is -0.0131. The Morgan fingerprint density at radius 1 is 1.44 bits per heavy atom. The predicted octanol–water partition coefficient (Wildman–Crippen LogP) is 0.975. The van der Waals surface area contributed by atoms with Gasteiger partial charge >= 0.3 is 0 Å². The second kappa shape index (κ2) is 3.63. The summed E-state index contributed by atoms with van der Waals surface area (Å²) >= 11 is 0. The summed E-state index contributed by atoms with van der Waals surface area (Å²) in [4.78, 5) is 17.3. The van der Waals surface area contributed by atoms with Gasteiger partial charge in [-0.15, -0.1) is 0 Å². The van der Waals surface area contributed by atoms with Crippen molar-refractivity contribution in [1.29, 1.82) is 0 Å². The van der Waals surface area contributed by atoms with Crippen molar-refractivity contribution in [2.45, 2.75) is 18.9 Å². The zero-order valence-corrected chi connectivity index (χ0v) is 9.44. The van der Waals surface area contributed by atoms with Crippen molar-refractivity contribution in [2.24, 2.45) is 11.8 Å². The number of rotatable bonds is 2. The molecule has 4 heteroatoms. The average Bonchev–Trinajstić information content (AvgIpc) is 2.81. The molecule has 0 radical (unpaired) electrons. The number of amides is 1. The Balaban J connectivity index is 1.88. The van der Waals surface area contributed by atoms with E-state index in [1.54, 1.807) is 0 Å². The molecule has 2 heterocycles. The maximum atomic E-state index is 12.3. The van der Waals surface area contributed by atoms with Crippen molar-refractivity contribution >= 4 is 11.7 Å². The van der Waals surface area contributed by atoms with Crippen LogP contribution in [0.2, 0.25) is 0 Å². The van der Waals surface area contributed by atoms with E-state index >= 15 is 0 Å². The number of nitrogens with zero attached hydrogens (tertiary/aromatic N) is 1. The van der Waals surface area contributed by atoms with Crippen LogP contribution in [0.3, 0.4) is 0 Å². The van der Waals surface area contributed by atoms with Gasteiger partial charge in [-0.25, -0.2) is 0 Å². The minimum absolute atomic E-state index is 0.0131. The van der Waals surface area contributed by atoms with Crippen LogP contribution in [0.25, 0.3) is 0 Å². The molecule has 3 atom stereocenters. The molecule has 1 aliphatic heterocycles. The lowest BCUT2D eigenvalue weighted by Gasteiger charge is -2.23. The highest BCUT2D eigenvalue weighted by Crippen LogP contribution is 2.45. The van der Waals surface area contributed by atoms with Crippen LogP contribution in [0.15, 0.2) is 18.3 Å². The Morgan fingerprint density at radius 2 is 2.31 bits per heavy atom. The van der Waals surface area contributed by atoms with E-state index in [1.807, 2.05) is 30.3 Å². The molecule has 86 valence electrons. The molecule has 16 heavy (non-hydrogen) atoms. The van der Waals surface area contributed by atoms with Gasteiger partial charge < -0.3 is 10.3 Å². The van der Waals surface area contributed by atoms with Crippen molar-refractivity contribution in [3.8, 4) is 0 Å². The molecule has 0 spiro atoms. The Hall–Kier alpha value is -1.29. The van der Waals surface area contributed by atoms with Gasteiger partial charge in [0.05, 0.1) is 6.04 Å². The van der Waals surface area contributed by atoms with E-state index in [9.17, 15) is 4.79 Å². The van der Waals surface area contributed by atoms with Gasteiger partial charge in [0.1, 0.15) is 5.82 Å². The molecule has 3 unspecified atom stereocenters. The van der Waals surface area contributed by atoms with Gasteiger partial charge in [-0.1, -0.05) is 0 Å². The monoisotopic (exact) mass is 219 g/mol. The van der Waals surface area contributed by atoms with Crippen LogP contribution in [0, 0.1) is 11.8 Å². The Bertz CT molecular complexity index is 387. The molecular formula is C12H17N3O. The molecule has 2 aliphatic rings. The topological polar surface area (TPSA) is 48.1 Å². The van der Waals surface area contributed by atoms with Crippen molar-refractivity contribution < 1.29 is 4.79 Å². The second-order valence-electron chi connectivity index (χ2n) is 4.84. The summed E-state index contributed by atoms with van der Waals surface area (Å²) in [6.45, 7) is 0.877. The Labute approximate surface area is 95.0 Å². The molecule has 2 N–H and O–H groups in total. The maximum absolute atomic E-state index is 12.3. The van der Waals surface area contributed by atoms with Gasteiger partial charge in [0.25, 0.3) is 0 Å². The molecule has 1 aromatic rings. The van der Waals surface area contributed by atoms with Crippen molar-refractivity contribution in [2.75, 3.05) is 18.5 Å². The average molecular weight is 219 g/mol. The number of likely N-dealkylation sites (N-methyl/N-ethyl adjacent to an activating group) is 1. The summed E-state index contributed by atoms with van der Waals surface area (Å²) in [6.07, 6.45) is 4.14. The number of aromatic nitrogens is 1. The fraction of sp³-hybridized carbons (Fsp3) is 0.583. The van der Waals surface area contributed by atoms with E-state index in [2.05, 4.69) is 10.3 Å². The van der Waals surface area contributed by atoms with Gasteiger partial charge in [-0.3, -0.25) is 9.69 Å². The van der Waals surface area contributed by atoms with Crippen LogP contribution in [-0.2, 0) is 4.79 Å². The minimum Gasteiger partial charge on any atom is -0.348 e. The zero-order valence-electron chi connectivity index (χ0n) is 9.44.